The minimum absolute atomic E-state index is 0.118. The highest BCUT2D eigenvalue weighted by Crippen LogP contribution is 2.13. The van der Waals surface area contributed by atoms with Gasteiger partial charge in [-0.3, -0.25) is 14.6 Å². The number of ketones is 1. The molecule has 28 heavy (non-hydrogen) atoms. The van der Waals surface area contributed by atoms with Gasteiger partial charge in [-0.15, -0.1) is 0 Å². The van der Waals surface area contributed by atoms with E-state index < -0.39 is 0 Å². The van der Waals surface area contributed by atoms with Gasteiger partial charge < -0.3 is 4.74 Å². The Bertz CT molecular complexity index is 516. The molecule has 158 valence electrons. The fourth-order valence-electron chi connectivity index (χ4n) is 3.25. The van der Waals surface area contributed by atoms with E-state index in [0.29, 0.717) is 18.8 Å². The standard InChI is InChI=1S/C24H39NO3/c1-2-3-11-16-23(26)17-12-9-7-5-4-6-8-10-13-18-24(27)28-21-22-15-14-19-25-20-22/h14-15,19-20H,2-13,16-18,21H2,1H3. The Morgan fingerprint density at radius 1 is 0.821 bits per heavy atom. The van der Waals surface area contributed by atoms with Crippen molar-refractivity contribution in [2.45, 2.75) is 110 Å². The number of ether oxygens (including phenoxy) is 1. The van der Waals surface area contributed by atoms with Crippen LogP contribution in [0.25, 0.3) is 0 Å². The number of pyridine rings is 1. The van der Waals surface area contributed by atoms with E-state index >= 15 is 0 Å². The second-order valence-electron chi connectivity index (χ2n) is 7.70. The summed E-state index contributed by atoms with van der Waals surface area (Å²) in [5, 5.41) is 0. The van der Waals surface area contributed by atoms with Crippen LogP contribution in [0.3, 0.4) is 0 Å². The normalized spacial score (nSPS) is 10.8. The van der Waals surface area contributed by atoms with Gasteiger partial charge in [0.25, 0.3) is 0 Å². The fourth-order valence-corrected chi connectivity index (χ4v) is 3.25. The van der Waals surface area contributed by atoms with Crippen LogP contribution >= 0.6 is 0 Å². The van der Waals surface area contributed by atoms with Crippen molar-refractivity contribution in [3.8, 4) is 0 Å². The molecule has 0 aliphatic heterocycles. The zero-order chi connectivity index (χ0) is 20.3. The molecule has 0 aromatic carbocycles. The maximum absolute atomic E-state index is 11.7. The molecule has 0 saturated carbocycles. The average molecular weight is 390 g/mol. The lowest BCUT2D eigenvalue weighted by molar-refractivity contribution is -0.145. The third-order valence-electron chi connectivity index (χ3n) is 5.02. The summed E-state index contributed by atoms with van der Waals surface area (Å²) in [6, 6.07) is 3.75. The van der Waals surface area contributed by atoms with Gasteiger partial charge in [0, 0.05) is 37.2 Å². The number of carbonyl (C=O) groups excluding carboxylic acids is 2. The number of unbranched alkanes of at least 4 members (excludes halogenated alkanes) is 10. The van der Waals surface area contributed by atoms with E-state index in [2.05, 4.69) is 11.9 Å². The molecular formula is C24H39NO3. The highest BCUT2D eigenvalue weighted by Gasteiger charge is 2.04. The van der Waals surface area contributed by atoms with Crippen LogP contribution in [0.4, 0.5) is 0 Å². The van der Waals surface area contributed by atoms with Gasteiger partial charge in [-0.1, -0.05) is 70.8 Å². The van der Waals surface area contributed by atoms with Crippen molar-refractivity contribution in [1.82, 2.24) is 4.98 Å². The number of rotatable bonds is 18. The van der Waals surface area contributed by atoms with Crippen molar-refractivity contribution in [3.05, 3.63) is 30.1 Å². The molecule has 0 bridgehead atoms. The highest BCUT2D eigenvalue weighted by molar-refractivity contribution is 5.78. The molecule has 0 fully saturated rings. The Morgan fingerprint density at radius 2 is 1.39 bits per heavy atom. The summed E-state index contributed by atoms with van der Waals surface area (Å²) in [4.78, 5) is 27.4. The summed E-state index contributed by atoms with van der Waals surface area (Å²) < 4.78 is 5.25. The van der Waals surface area contributed by atoms with Gasteiger partial charge in [0.2, 0.25) is 0 Å². The van der Waals surface area contributed by atoms with Crippen LogP contribution in [0.15, 0.2) is 24.5 Å². The zero-order valence-corrected chi connectivity index (χ0v) is 17.8. The van der Waals surface area contributed by atoms with Crippen molar-refractivity contribution < 1.29 is 14.3 Å². The molecule has 4 heteroatoms. The first-order valence-electron chi connectivity index (χ1n) is 11.3. The first-order valence-corrected chi connectivity index (χ1v) is 11.3. The molecule has 0 radical (unpaired) electrons. The van der Waals surface area contributed by atoms with Crippen LogP contribution < -0.4 is 0 Å². The fraction of sp³-hybridized carbons (Fsp3) is 0.708. The van der Waals surface area contributed by atoms with E-state index in [4.69, 9.17) is 4.74 Å². The summed E-state index contributed by atoms with van der Waals surface area (Å²) in [5.41, 5.74) is 0.928. The number of hydrogen-bond donors (Lipinski definition) is 0. The summed E-state index contributed by atoms with van der Waals surface area (Å²) in [6.07, 6.45) is 19.4. The van der Waals surface area contributed by atoms with Gasteiger partial charge in [0.15, 0.2) is 0 Å². The van der Waals surface area contributed by atoms with Crippen LogP contribution in [0.2, 0.25) is 0 Å². The summed E-state index contributed by atoms with van der Waals surface area (Å²) in [7, 11) is 0. The van der Waals surface area contributed by atoms with Crippen molar-refractivity contribution in [2.75, 3.05) is 0 Å². The Balaban J connectivity index is 1.81. The first kappa shape index (κ1) is 24.3. The molecule has 0 aliphatic rings. The topological polar surface area (TPSA) is 56.3 Å². The van der Waals surface area contributed by atoms with Crippen molar-refractivity contribution in [2.24, 2.45) is 0 Å². The van der Waals surface area contributed by atoms with Gasteiger partial charge in [0.1, 0.15) is 12.4 Å². The van der Waals surface area contributed by atoms with E-state index in [-0.39, 0.29) is 5.97 Å². The maximum atomic E-state index is 11.7. The number of Topliss-reactive ketones (excluding diaryl/α,β-unsaturated/α-hetero) is 1. The minimum atomic E-state index is -0.118. The quantitative estimate of drug-likeness (QED) is 0.210. The van der Waals surface area contributed by atoms with E-state index in [0.717, 1.165) is 44.1 Å². The molecule has 1 rings (SSSR count). The van der Waals surface area contributed by atoms with Crippen molar-refractivity contribution >= 4 is 11.8 Å². The molecule has 0 aliphatic carbocycles. The van der Waals surface area contributed by atoms with Gasteiger partial charge >= 0.3 is 5.97 Å². The summed E-state index contributed by atoms with van der Waals surface area (Å²) in [6.45, 7) is 2.49. The smallest absolute Gasteiger partial charge is 0.306 e. The van der Waals surface area contributed by atoms with Crippen LogP contribution in [0, 0.1) is 0 Å². The van der Waals surface area contributed by atoms with Crippen molar-refractivity contribution in [1.29, 1.82) is 0 Å². The number of nitrogens with zero attached hydrogens (tertiary/aromatic N) is 1. The Kier molecular flexibility index (Phi) is 15.1. The monoisotopic (exact) mass is 389 g/mol. The molecule has 1 aromatic heterocycles. The lowest BCUT2D eigenvalue weighted by Gasteiger charge is -2.05. The van der Waals surface area contributed by atoms with Gasteiger partial charge in [-0.05, 0) is 25.3 Å². The molecule has 1 heterocycles. The number of hydrogen-bond acceptors (Lipinski definition) is 4. The average Bonchev–Trinajstić information content (AvgIpc) is 2.71. The van der Waals surface area contributed by atoms with Crippen LogP contribution in [0.1, 0.15) is 109 Å². The number of carbonyl (C=O) groups is 2. The highest BCUT2D eigenvalue weighted by atomic mass is 16.5. The predicted molar refractivity (Wildman–Crippen MR) is 114 cm³/mol. The molecule has 0 unspecified atom stereocenters. The second kappa shape index (κ2) is 17.4. The van der Waals surface area contributed by atoms with Gasteiger partial charge in [-0.2, -0.15) is 0 Å². The van der Waals surface area contributed by atoms with Crippen molar-refractivity contribution in [3.63, 3.8) is 0 Å². The van der Waals surface area contributed by atoms with Crippen LogP contribution in [0.5, 0.6) is 0 Å². The van der Waals surface area contributed by atoms with E-state index in [1.807, 2.05) is 12.1 Å². The van der Waals surface area contributed by atoms with E-state index in [1.54, 1.807) is 12.4 Å². The second-order valence-corrected chi connectivity index (χ2v) is 7.70. The molecule has 0 amide bonds. The molecular weight excluding hydrogens is 350 g/mol. The predicted octanol–water partition coefficient (Wildman–Crippen LogP) is 6.57. The minimum Gasteiger partial charge on any atom is -0.461 e. The van der Waals surface area contributed by atoms with Crippen LogP contribution in [-0.2, 0) is 20.9 Å². The number of aromatic nitrogens is 1. The summed E-state index contributed by atoms with van der Waals surface area (Å²) in [5.74, 6) is 0.334. The third-order valence-corrected chi connectivity index (χ3v) is 5.02. The Labute approximate surface area is 171 Å². The Hall–Kier alpha value is -1.71. The molecule has 0 N–H and O–H groups in total. The van der Waals surface area contributed by atoms with Gasteiger partial charge in [-0.25, -0.2) is 0 Å². The SMILES string of the molecule is CCCCCC(=O)CCCCCCCCCCCC(=O)OCc1cccnc1. The van der Waals surface area contributed by atoms with Gasteiger partial charge in [0.05, 0.1) is 0 Å². The van der Waals surface area contributed by atoms with Crippen LogP contribution in [-0.4, -0.2) is 16.7 Å². The molecule has 0 saturated heterocycles. The lowest BCUT2D eigenvalue weighted by Crippen LogP contribution is -2.04. The Morgan fingerprint density at radius 3 is 1.96 bits per heavy atom. The molecule has 4 nitrogen and oxygen atoms in total. The summed E-state index contributed by atoms with van der Waals surface area (Å²) >= 11 is 0. The maximum Gasteiger partial charge on any atom is 0.306 e. The molecule has 0 atom stereocenters. The van der Waals surface area contributed by atoms with E-state index in [9.17, 15) is 9.59 Å². The zero-order valence-electron chi connectivity index (χ0n) is 17.8. The van der Waals surface area contributed by atoms with E-state index in [1.165, 1.54) is 51.4 Å². The number of esters is 1. The molecule has 0 spiro atoms. The third kappa shape index (κ3) is 14.4. The first-order chi connectivity index (χ1) is 13.7. The lowest BCUT2D eigenvalue weighted by atomic mass is 10.0. The molecule has 1 aromatic rings. The largest absolute Gasteiger partial charge is 0.461 e.